The predicted octanol–water partition coefficient (Wildman–Crippen LogP) is 0.219. The minimum absolute atomic E-state index is 0.264. The van der Waals surface area contributed by atoms with E-state index in [0.717, 1.165) is 0 Å². The molecule has 2 heterocycles. The van der Waals surface area contributed by atoms with Crippen LogP contribution in [-0.4, -0.2) is 39.2 Å². The van der Waals surface area contributed by atoms with Crippen LogP contribution in [0.4, 0.5) is 0 Å². The number of carboxylic acid groups (broad SMARTS) is 1. The number of carbonyl (C=O) groups excluding carboxylic acids is 1. The molecule has 1 aromatic rings. The Morgan fingerprint density at radius 3 is 2.83 bits per heavy atom. The molecular formula is C11H15N3O4. The zero-order valence-corrected chi connectivity index (χ0v) is 9.92. The molecule has 0 bridgehead atoms. The molecule has 3 atom stereocenters. The monoisotopic (exact) mass is 253 g/mol. The molecule has 0 aliphatic carbocycles. The lowest BCUT2D eigenvalue weighted by Crippen LogP contribution is -2.37. The van der Waals surface area contributed by atoms with Crippen LogP contribution in [0.1, 0.15) is 31.6 Å². The first-order valence-electron chi connectivity index (χ1n) is 5.76. The molecule has 0 aromatic carbocycles. The van der Waals surface area contributed by atoms with Crippen molar-refractivity contribution >= 4 is 11.9 Å². The van der Waals surface area contributed by atoms with E-state index in [1.807, 2.05) is 0 Å². The predicted molar refractivity (Wildman–Crippen MR) is 60.7 cm³/mol. The third-order valence-electron chi connectivity index (χ3n) is 2.88. The lowest BCUT2D eigenvalue weighted by Gasteiger charge is -2.15. The van der Waals surface area contributed by atoms with Crippen molar-refractivity contribution in [2.45, 2.75) is 38.0 Å². The average Bonchev–Trinajstić information content (AvgIpc) is 3.00. The van der Waals surface area contributed by atoms with Gasteiger partial charge in [0.05, 0.1) is 6.04 Å². The van der Waals surface area contributed by atoms with E-state index in [1.165, 1.54) is 0 Å². The second kappa shape index (κ2) is 5.18. The second-order valence-corrected chi connectivity index (χ2v) is 4.23. The Hall–Kier alpha value is -1.89. The maximum absolute atomic E-state index is 11.8. The van der Waals surface area contributed by atoms with Crippen molar-refractivity contribution in [2.24, 2.45) is 0 Å². The Kier molecular flexibility index (Phi) is 3.61. The molecule has 1 fully saturated rings. The molecular weight excluding hydrogens is 238 g/mol. The van der Waals surface area contributed by atoms with E-state index < -0.39 is 18.2 Å². The summed E-state index contributed by atoms with van der Waals surface area (Å²) in [6.45, 7) is 1.79. The van der Waals surface area contributed by atoms with Crippen molar-refractivity contribution in [3.8, 4) is 0 Å². The highest BCUT2D eigenvalue weighted by Crippen LogP contribution is 2.20. The summed E-state index contributed by atoms with van der Waals surface area (Å²) in [5.74, 6) is -0.678. The highest BCUT2D eigenvalue weighted by molar-refractivity contribution is 5.82. The molecule has 3 N–H and O–H groups in total. The van der Waals surface area contributed by atoms with Gasteiger partial charge in [-0.25, -0.2) is 9.78 Å². The fraction of sp³-hybridized carbons (Fsp3) is 0.545. The fourth-order valence-corrected chi connectivity index (χ4v) is 1.90. The summed E-state index contributed by atoms with van der Waals surface area (Å²) in [4.78, 5) is 29.5. The van der Waals surface area contributed by atoms with E-state index in [9.17, 15) is 9.59 Å². The van der Waals surface area contributed by atoms with Gasteiger partial charge in [-0.3, -0.25) is 4.79 Å². The summed E-state index contributed by atoms with van der Waals surface area (Å²) in [7, 11) is 0. The van der Waals surface area contributed by atoms with Crippen molar-refractivity contribution in [1.82, 2.24) is 15.3 Å². The minimum Gasteiger partial charge on any atom is -0.479 e. The number of imidazole rings is 1. The van der Waals surface area contributed by atoms with Crippen LogP contribution in [0, 0.1) is 0 Å². The normalized spacial score (nSPS) is 24.7. The Bertz CT molecular complexity index is 432. The molecule has 1 aliphatic rings. The molecule has 2 rings (SSSR count). The molecule has 0 radical (unpaired) electrons. The van der Waals surface area contributed by atoms with E-state index in [0.29, 0.717) is 18.7 Å². The van der Waals surface area contributed by atoms with E-state index in [-0.39, 0.29) is 11.9 Å². The third-order valence-corrected chi connectivity index (χ3v) is 2.88. The average molecular weight is 253 g/mol. The second-order valence-electron chi connectivity index (χ2n) is 4.23. The van der Waals surface area contributed by atoms with Crippen LogP contribution < -0.4 is 5.32 Å². The smallest absolute Gasteiger partial charge is 0.332 e. The summed E-state index contributed by atoms with van der Waals surface area (Å²) in [6, 6.07) is -0.264. The number of aromatic amines is 1. The molecule has 7 nitrogen and oxygen atoms in total. The number of rotatable bonds is 4. The molecule has 1 amide bonds. The van der Waals surface area contributed by atoms with E-state index in [4.69, 9.17) is 9.84 Å². The van der Waals surface area contributed by atoms with Crippen LogP contribution in [0.15, 0.2) is 12.4 Å². The topological polar surface area (TPSA) is 104 Å². The highest BCUT2D eigenvalue weighted by atomic mass is 16.5. The number of carbonyl (C=O) groups is 2. The molecule has 3 unspecified atom stereocenters. The number of hydrogen-bond donors (Lipinski definition) is 3. The Balaban J connectivity index is 1.87. The first kappa shape index (κ1) is 12.6. The third kappa shape index (κ3) is 2.67. The number of carboxylic acids is 1. The van der Waals surface area contributed by atoms with Crippen molar-refractivity contribution in [3.63, 3.8) is 0 Å². The number of nitrogens with zero attached hydrogens (tertiary/aromatic N) is 1. The number of aromatic nitrogens is 2. The zero-order valence-electron chi connectivity index (χ0n) is 9.92. The highest BCUT2D eigenvalue weighted by Gasteiger charge is 2.35. The van der Waals surface area contributed by atoms with E-state index in [1.54, 1.807) is 19.3 Å². The molecule has 0 spiro atoms. The van der Waals surface area contributed by atoms with Gasteiger partial charge in [-0.2, -0.15) is 0 Å². The summed E-state index contributed by atoms with van der Waals surface area (Å²) >= 11 is 0. The van der Waals surface area contributed by atoms with E-state index >= 15 is 0 Å². The summed E-state index contributed by atoms with van der Waals surface area (Å²) in [5.41, 5.74) is 0. The van der Waals surface area contributed by atoms with Crippen LogP contribution in [0.3, 0.4) is 0 Å². The SMILES string of the molecule is CC(NC(=O)C1CCC(C(=O)O)O1)c1ncc[nH]1. The number of nitrogens with one attached hydrogen (secondary N) is 2. The van der Waals surface area contributed by atoms with Gasteiger partial charge in [0.1, 0.15) is 11.9 Å². The van der Waals surface area contributed by atoms with Gasteiger partial charge in [0, 0.05) is 12.4 Å². The molecule has 1 aromatic heterocycles. The maximum atomic E-state index is 11.8. The summed E-state index contributed by atoms with van der Waals surface area (Å²) < 4.78 is 5.16. The first-order valence-corrected chi connectivity index (χ1v) is 5.76. The van der Waals surface area contributed by atoms with Gasteiger partial charge in [-0.15, -0.1) is 0 Å². The molecule has 0 saturated carbocycles. The minimum atomic E-state index is -1.02. The number of H-pyrrole nitrogens is 1. The largest absolute Gasteiger partial charge is 0.479 e. The van der Waals surface area contributed by atoms with Crippen LogP contribution in [0.25, 0.3) is 0 Å². The molecule has 18 heavy (non-hydrogen) atoms. The molecule has 98 valence electrons. The Morgan fingerprint density at radius 2 is 2.28 bits per heavy atom. The Labute approximate surface area is 104 Å². The van der Waals surface area contributed by atoms with Crippen LogP contribution in [0.2, 0.25) is 0 Å². The maximum Gasteiger partial charge on any atom is 0.332 e. The molecule has 1 saturated heterocycles. The van der Waals surface area contributed by atoms with Gasteiger partial charge in [0.2, 0.25) is 5.91 Å². The Morgan fingerprint density at radius 1 is 1.56 bits per heavy atom. The van der Waals surface area contributed by atoms with Crippen LogP contribution in [0.5, 0.6) is 0 Å². The number of amides is 1. The molecule has 1 aliphatic heterocycles. The lowest BCUT2D eigenvalue weighted by atomic mass is 10.2. The van der Waals surface area contributed by atoms with Crippen molar-refractivity contribution in [2.75, 3.05) is 0 Å². The van der Waals surface area contributed by atoms with E-state index in [2.05, 4.69) is 15.3 Å². The van der Waals surface area contributed by atoms with Crippen molar-refractivity contribution in [3.05, 3.63) is 18.2 Å². The van der Waals surface area contributed by atoms with Gasteiger partial charge in [-0.1, -0.05) is 0 Å². The summed E-state index contributed by atoms with van der Waals surface area (Å²) in [6.07, 6.45) is 2.49. The van der Waals surface area contributed by atoms with Gasteiger partial charge in [0.25, 0.3) is 0 Å². The van der Waals surface area contributed by atoms with Gasteiger partial charge in [-0.05, 0) is 19.8 Å². The van der Waals surface area contributed by atoms with Gasteiger partial charge in [0.15, 0.2) is 6.10 Å². The van der Waals surface area contributed by atoms with Crippen molar-refractivity contribution in [1.29, 1.82) is 0 Å². The van der Waals surface area contributed by atoms with Gasteiger partial charge < -0.3 is 20.1 Å². The lowest BCUT2D eigenvalue weighted by molar-refractivity contribution is -0.151. The molecule has 7 heteroatoms. The van der Waals surface area contributed by atoms with Gasteiger partial charge >= 0.3 is 5.97 Å². The summed E-state index contributed by atoms with van der Waals surface area (Å²) in [5, 5.41) is 11.5. The zero-order chi connectivity index (χ0) is 13.1. The number of hydrogen-bond acceptors (Lipinski definition) is 4. The number of ether oxygens (including phenoxy) is 1. The van der Waals surface area contributed by atoms with Crippen LogP contribution >= 0.6 is 0 Å². The van der Waals surface area contributed by atoms with Crippen LogP contribution in [-0.2, 0) is 14.3 Å². The first-order chi connectivity index (χ1) is 8.58. The number of aliphatic carboxylic acids is 1. The van der Waals surface area contributed by atoms with Crippen molar-refractivity contribution < 1.29 is 19.4 Å². The fourth-order valence-electron chi connectivity index (χ4n) is 1.90. The standard InChI is InChI=1S/C11H15N3O4/c1-6(9-12-4-5-13-9)14-10(15)7-2-3-8(18-7)11(16)17/h4-8H,2-3H2,1H3,(H,12,13)(H,14,15)(H,16,17). The quantitative estimate of drug-likeness (QED) is 0.712.